The molecule has 0 atom stereocenters. The second-order valence-corrected chi connectivity index (χ2v) is 6.51. The third-order valence-electron chi connectivity index (χ3n) is 4.46. The van der Waals surface area contributed by atoms with Crippen LogP contribution in [0.5, 0.6) is 0 Å². The van der Waals surface area contributed by atoms with Crippen LogP contribution in [0.4, 0.5) is 11.4 Å². The van der Waals surface area contributed by atoms with Gasteiger partial charge in [0, 0.05) is 16.8 Å². The predicted molar refractivity (Wildman–Crippen MR) is 101 cm³/mol. The number of fused-ring (bicyclic) bond motifs is 3. The number of benzene rings is 3. The number of nitro benzene ring substituents is 1. The van der Waals surface area contributed by atoms with E-state index in [0.29, 0.717) is 5.69 Å². The highest BCUT2D eigenvalue weighted by Gasteiger charge is 2.22. The first-order chi connectivity index (χ1) is 12.5. The zero-order chi connectivity index (χ0) is 18.3. The molecule has 1 aliphatic rings. The number of nitrogens with zero attached hydrogens (tertiary/aromatic N) is 1. The van der Waals surface area contributed by atoms with E-state index in [0.717, 1.165) is 17.5 Å². The van der Waals surface area contributed by atoms with E-state index in [9.17, 15) is 14.9 Å². The molecule has 0 fully saturated rings. The fourth-order valence-corrected chi connectivity index (χ4v) is 3.42. The first-order valence-electron chi connectivity index (χ1n) is 7.99. The van der Waals surface area contributed by atoms with Crippen LogP contribution in [0.2, 0.25) is 5.02 Å². The SMILES string of the molecule is O=C(Nc1ccc2c(c1)-c1ccccc1C2)c1cc(Cl)ccc1[N+](=O)[O-]. The first-order valence-corrected chi connectivity index (χ1v) is 8.37. The summed E-state index contributed by atoms with van der Waals surface area (Å²) in [6.45, 7) is 0. The predicted octanol–water partition coefficient (Wildman–Crippen LogP) is 5.07. The lowest BCUT2D eigenvalue weighted by atomic mass is 10.1. The van der Waals surface area contributed by atoms with E-state index in [2.05, 4.69) is 17.4 Å². The zero-order valence-electron chi connectivity index (χ0n) is 13.5. The Bertz CT molecular complexity index is 1060. The van der Waals surface area contributed by atoms with E-state index >= 15 is 0 Å². The maximum atomic E-state index is 12.6. The number of carbonyl (C=O) groups excluding carboxylic acids is 1. The number of hydrogen-bond donors (Lipinski definition) is 1. The molecule has 1 aliphatic carbocycles. The molecule has 0 heterocycles. The summed E-state index contributed by atoms with van der Waals surface area (Å²) in [5.41, 5.74) is 4.89. The van der Waals surface area contributed by atoms with Crippen LogP contribution in [0.1, 0.15) is 21.5 Å². The minimum absolute atomic E-state index is 0.0663. The van der Waals surface area contributed by atoms with Gasteiger partial charge in [0.1, 0.15) is 5.56 Å². The van der Waals surface area contributed by atoms with Gasteiger partial charge in [-0.05, 0) is 52.9 Å². The van der Waals surface area contributed by atoms with E-state index in [1.165, 1.54) is 29.3 Å². The molecule has 0 aromatic heterocycles. The van der Waals surface area contributed by atoms with Crippen molar-refractivity contribution in [2.24, 2.45) is 0 Å². The van der Waals surface area contributed by atoms with Crippen molar-refractivity contribution in [2.45, 2.75) is 6.42 Å². The number of rotatable bonds is 3. The Balaban J connectivity index is 1.67. The Morgan fingerprint density at radius 2 is 1.77 bits per heavy atom. The van der Waals surface area contributed by atoms with Crippen LogP contribution in [-0.4, -0.2) is 10.8 Å². The van der Waals surface area contributed by atoms with E-state index in [4.69, 9.17) is 11.6 Å². The smallest absolute Gasteiger partial charge is 0.282 e. The Morgan fingerprint density at radius 3 is 2.58 bits per heavy atom. The molecule has 0 saturated heterocycles. The maximum absolute atomic E-state index is 12.6. The second kappa shape index (κ2) is 6.28. The van der Waals surface area contributed by atoms with Crippen molar-refractivity contribution in [2.75, 3.05) is 5.32 Å². The molecule has 1 N–H and O–H groups in total. The summed E-state index contributed by atoms with van der Waals surface area (Å²) in [6.07, 6.45) is 0.861. The van der Waals surface area contributed by atoms with Gasteiger partial charge in [0.05, 0.1) is 4.92 Å². The van der Waals surface area contributed by atoms with Crippen LogP contribution in [-0.2, 0) is 6.42 Å². The summed E-state index contributed by atoms with van der Waals surface area (Å²) in [5, 5.41) is 14.2. The van der Waals surface area contributed by atoms with E-state index < -0.39 is 10.8 Å². The summed E-state index contributed by atoms with van der Waals surface area (Å²) in [6, 6.07) is 17.7. The molecule has 0 saturated carbocycles. The van der Waals surface area contributed by atoms with Crippen molar-refractivity contribution in [3.05, 3.63) is 92.5 Å². The highest BCUT2D eigenvalue weighted by molar-refractivity contribution is 6.31. The van der Waals surface area contributed by atoms with Gasteiger partial charge in [-0.25, -0.2) is 0 Å². The number of nitro groups is 1. The Kier molecular flexibility index (Phi) is 3.93. The maximum Gasteiger partial charge on any atom is 0.282 e. The average Bonchev–Trinajstić information content (AvgIpc) is 2.99. The van der Waals surface area contributed by atoms with Gasteiger partial charge in [-0.2, -0.15) is 0 Å². The van der Waals surface area contributed by atoms with Gasteiger partial charge in [-0.15, -0.1) is 0 Å². The molecule has 4 rings (SSSR count). The number of amides is 1. The monoisotopic (exact) mass is 364 g/mol. The first kappa shape index (κ1) is 16.3. The van der Waals surface area contributed by atoms with Crippen molar-refractivity contribution in [3.8, 4) is 11.1 Å². The molecule has 26 heavy (non-hydrogen) atoms. The van der Waals surface area contributed by atoms with Crippen molar-refractivity contribution < 1.29 is 9.72 Å². The quantitative estimate of drug-likeness (QED) is 0.407. The fourth-order valence-electron chi connectivity index (χ4n) is 3.25. The van der Waals surface area contributed by atoms with Crippen LogP contribution >= 0.6 is 11.6 Å². The van der Waals surface area contributed by atoms with Crippen molar-refractivity contribution in [1.82, 2.24) is 0 Å². The normalized spacial score (nSPS) is 11.6. The van der Waals surface area contributed by atoms with Gasteiger partial charge < -0.3 is 5.32 Å². The van der Waals surface area contributed by atoms with E-state index in [1.807, 2.05) is 24.3 Å². The number of anilines is 1. The Labute approximate surface area is 154 Å². The molecule has 128 valence electrons. The fraction of sp³-hybridized carbons (Fsp3) is 0.0500. The van der Waals surface area contributed by atoms with Crippen LogP contribution in [0, 0.1) is 10.1 Å². The van der Waals surface area contributed by atoms with Crippen molar-refractivity contribution in [1.29, 1.82) is 0 Å². The molecular weight excluding hydrogens is 352 g/mol. The number of halogens is 1. The average molecular weight is 365 g/mol. The molecule has 6 heteroatoms. The van der Waals surface area contributed by atoms with E-state index in [-0.39, 0.29) is 16.3 Å². The van der Waals surface area contributed by atoms with Gasteiger partial charge in [0.25, 0.3) is 11.6 Å². The summed E-state index contributed by atoms with van der Waals surface area (Å²) in [7, 11) is 0. The Morgan fingerprint density at radius 1 is 1.00 bits per heavy atom. The number of carbonyl (C=O) groups is 1. The molecule has 0 spiro atoms. The lowest BCUT2D eigenvalue weighted by Gasteiger charge is -2.09. The molecule has 0 bridgehead atoms. The summed E-state index contributed by atoms with van der Waals surface area (Å²) >= 11 is 5.90. The molecule has 0 aliphatic heterocycles. The molecule has 3 aromatic carbocycles. The molecule has 5 nitrogen and oxygen atoms in total. The second-order valence-electron chi connectivity index (χ2n) is 6.08. The van der Waals surface area contributed by atoms with Crippen LogP contribution in [0.3, 0.4) is 0 Å². The Hall–Kier alpha value is -3.18. The highest BCUT2D eigenvalue weighted by atomic mass is 35.5. The summed E-state index contributed by atoms with van der Waals surface area (Å²) in [5.74, 6) is -0.564. The molecule has 0 radical (unpaired) electrons. The van der Waals surface area contributed by atoms with Crippen LogP contribution in [0.25, 0.3) is 11.1 Å². The van der Waals surface area contributed by atoms with Crippen LogP contribution < -0.4 is 5.32 Å². The number of nitrogens with one attached hydrogen (secondary N) is 1. The van der Waals surface area contributed by atoms with E-state index in [1.54, 1.807) is 6.07 Å². The summed E-state index contributed by atoms with van der Waals surface area (Å²) < 4.78 is 0. The third-order valence-corrected chi connectivity index (χ3v) is 4.69. The van der Waals surface area contributed by atoms with Gasteiger partial charge >= 0.3 is 0 Å². The minimum Gasteiger partial charge on any atom is -0.322 e. The lowest BCUT2D eigenvalue weighted by Crippen LogP contribution is -2.14. The van der Waals surface area contributed by atoms with Gasteiger partial charge in [-0.1, -0.05) is 41.9 Å². The molecule has 1 amide bonds. The topological polar surface area (TPSA) is 72.2 Å². The minimum atomic E-state index is -0.593. The zero-order valence-corrected chi connectivity index (χ0v) is 14.3. The van der Waals surface area contributed by atoms with Crippen molar-refractivity contribution in [3.63, 3.8) is 0 Å². The lowest BCUT2D eigenvalue weighted by molar-refractivity contribution is -0.385. The third kappa shape index (κ3) is 2.82. The summed E-state index contributed by atoms with van der Waals surface area (Å²) in [4.78, 5) is 23.1. The molecular formula is C20H13ClN2O3. The van der Waals surface area contributed by atoms with Gasteiger partial charge in [0.2, 0.25) is 0 Å². The molecule has 3 aromatic rings. The van der Waals surface area contributed by atoms with Crippen molar-refractivity contribution >= 4 is 28.9 Å². The number of hydrogen-bond acceptors (Lipinski definition) is 3. The standard InChI is InChI=1S/C20H13ClN2O3/c21-14-6-8-19(23(25)26)18(10-14)20(24)22-15-7-5-13-9-12-3-1-2-4-16(12)17(13)11-15/h1-8,10-11H,9H2,(H,22,24). The van der Waals surface area contributed by atoms with Gasteiger partial charge in [-0.3, -0.25) is 14.9 Å². The van der Waals surface area contributed by atoms with Gasteiger partial charge in [0.15, 0.2) is 0 Å². The molecule has 0 unspecified atom stereocenters. The van der Waals surface area contributed by atoms with Crippen LogP contribution in [0.15, 0.2) is 60.7 Å². The highest BCUT2D eigenvalue weighted by Crippen LogP contribution is 2.38. The largest absolute Gasteiger partial charge is 0.322 e.